The fraction of sp³-hybridized carbons (Fsp3) is 0.909. The maximum Gasteiger partial charge on any atom is 0.241 e. The van der Waals surface area contributed by atoms with Gasteiger partial charge in [0.15, 0.2) is 0 Å². The van der Waals surface area contributed by atoms with Crippen LogP contribution in [0.25, 0.3) is 0 Å². The van der Waals surface area contributed by atoms with E-state index in [0.717, 1.165) is 12.8 Å². The van der Waals surface area contributed by atoms with Crippen LogP contribution in [0, 0.1) is 0 Å². The van der Waals surface area contributed by atoms with Gasteiger partial charge in [0.25, 0.3) is 0 Å². The topological polar surface area (TPSA) is 75.8 Å². The molecule has 1 aliphatic rings. The van der Waals surface area contributed by atoms with Crippen LogP contribution in [-0.2, 0) is 9.53 Å². The molecule has 0 saturated carbocycles. The second-order valence-electron chi connectivity index (χ2n) is 4.74. The maximum atomic E-state index is 11.9. The Balaban J connectivity index is 2.51. The monoisotopic (exact) mass is 230 g/mol. The van der Waals surface area contributed by atoms with Gasteiger partial charge in [-0.25, -0.2) is 0 Å². The first kappa shape index (κ1) is 13.4. The highest BCUT2D eigenvalue weighted by atomic mass is 16.5. The Morgan fingerprint density at radius 3 is 2.88 bits per heavy atom. The number of rotatable bonds is 3. The molecule has 1 aliphatic heterocycles. The predicted octanol–water partition coefficient (Wildman–Crippen LogP) is -0.276. The third kappa shape index (κ3) is 3.73. The summed E-state index contributed by atoms with van der Waals surface area (Å²) in [5.74, 6) is -0.0837. The van der Waals surface area contributed by atoms with E-state index < -0.39 is 11.6 Å². The lowest BCUT2D eigenvalue weighted by atomic mass is 9.98. The first-order valence-electron chi connectivity index (χ1n) is 5.72. The Bertz CT molecular complexity index is 243. The van der Waals surface area contributed by atoms with Crippen LogP contribution >= 0.6 is 0 Å². The summed E-state index contributed by atoms with van der Waals surface area (Å²) < 4.78 is 4.87. The van der Waals surface area contributed by atoms with E-state index >= 15 is 0 Å². The minimum absolute atomic E-state index is 0.0837. The van der Waals surface area contributed by atoms with Crippen LogP contribution in [0.2, 0.25) is 0 Å². The van der Waals surface area contributed by atoms with Gasteiger partial charge >= 0.3 is 0 Å². The predicted molar refractivity (Wildman–Crippen MR) is 60.9 cm³/mol. The molecule has 1 amide bonds. The van der Waals surface area contributed by atoms with Crippen molar-refractivity contribution in [2.24, 2.45) is 5.73 Å². The second kappa shape index (κ2) is 5.61. The zero-order chi connectivity index (χ0) is 12.2. The van der Waals surface area contributed by atoms with Crippen molar-refractivity contribution >= 4 is 5.91 Å². The van der Waals surface area contributed by atoms with E-state index in [0.29, 0.717) is 19.5 Å². The number of amides is 1. The average molecular weight is 230 g/mol. The quantitative estimate of drug-likeness (QED) is 0.699. The summed E-state index contributed by atoms with van der Waals surface area (Å²) in [5, 5.41) is 9.90. The van der Waals surface area contributed by atoms with Gasteiger partial charge in [-0.15, -0.1) is 0 Å². The molecule has 0 spiro atoms. The molecule has 0 aromatic rings. The van der Waals surface area contributed by atoms with Crippen LogP contribution in [0.15, 0.2) is 0 Å². The largest absolute Gasteiger partial charge is 0.390 e. The van der Waals surface area contributed by atoms with Crippen molar-refractivity contribution in [3.05, 3.63) is 0 Å². The molecule has 94 valence electrons. The molecule has 5 heteroatoms. The van der Waals surface area contributed by atoms with E-state index in [-0.39, 0.29) is 12.5 Å². The Hall–Kier alpha value is -0.650. The number of carbonyl (C=O) groups excluding carboxylic acids is 1. The summed E-state index contributed by atoms with van der Waals surface area (Å²) in [6.07, 6.45) is 2.16. The number of hydrogen-bond acceptors (Lipinski definition) is 4. The van der Waals surface area contributed by atoms with E-state index in [1.165, 1.54) is 7.11 Å². The van der Waals surface area contributed by atoms with Crippen molar-refractivity contribution in [1.29, 1.82) is 0 Å². The van der Waals surface area contributed by atoms with E-state index in [4.69, 9.17) is 10.5 Å². The summed E-state index contributed by atoms with van der Waals surface area (Å²) in [6, 6.07) is -0.590. The fourth-order valence-electron chi connectivity index (χ4n) is 1.97. The van der Waals surface area contributed by atoms with Crippen molar-refractivity contribution in [3.63, 3.8) is 0 Å². The molecule has 16 heavy (non-hydrogen) atoms. The Labute approximate surface area is 96.6 Å². The van der Waals surface area contributed by atoms with E-state index in [1.54, 1.807) is 4.90 Å². The van der Waals surface area contributed by atoms with E-state index in [9.17, 15) is 9.90 Å². The summed E-state index contributed by atoms with van der Waals surface area (Å²) in [7, 11) is 1.53. The van der Waals surface area contributed by atoms with Crippen molar-refractivity contribution in [2.45, 2.75) is 37.8 Å². The molecular formula is C11H22N2O3. The van der Waals surface area contributed by atoms with Crippen LogP contribution in [0.4, 0.5) is 0 Å². The molecule has 3 N–H and O–H groups in total. The molecule has 1 fully saturated rings. The average Bonchev–Trinajstić information content (AvgIpc) is 2.39. The van der Waals surface area contributed by atoms with Gasteiger partial charge in [-0.3, -0.25) is 4.79 Å². The van der Waals surface area contributed by atoms with E-state index in [1.807, 2.05) is 6.92 Å². The number of aliphatic hydroxyl groups is 1. The number of ether oxygens (including phenoxy) is 1. The molecule has 0 aliphatic carbocycles. The van der Waals surface area contributed by atoms with Gasteiger partial charge in [0.2, 0.25) is 5.91 Å². The Morgan fingerprint density at radius 1 is 1.56 bits per heavy atom. The fourth-order valence-corrected chi connectivity index (χ4v) is 1.97. The lowest BCUT2D eigenvalue weighted by Gasteiger charge is -2.24. The van der Waals surface area contributed by atoms with Gasteiger partial charge in [0.05, 0.1) is 12.2 Å². The highest BCUT2D eigenvalue weighted by Crippen LogP contribution is 2.21. The van der Waals surface area contributed by atoms with Gasteiger partial charge < -0.3 is 20.5 Å². The molecule has 0 aromatic heterocycles. The van der Waals surface area contributed by atoms with Crippen molar-refractivity contribution in [3.8, 4) is 0 Å². The molecule has 2 atom stereocenters. The van der Waals surface area contributed by atoms with Crippen LogP contribution in [-0.4, -0.2) is 54.4 Å². The zero-order valence-electron chi connectivity index (χ0n) is 10.1. The minimum Gasteiger partial charge on any atom is -0.390 e. The highest BCUT2D eigenvalue weighted by molar-refractivity contribution is 5.81. The van der Waals surface area contributed by atoms with Crippen molar-refractivity contribution in [1.82, 2.24) is 4.90 Å². The van der Waals surface area contributed by atoms with Crippen LogP contribution in [0.5, 0.6) is 0 Å². The Morgan fingerprint density at radius 2 is 2.25 bits per heavy atom. The number of methoxy groups -OCH3 is 1. The molecule has 2 unspecified atom stereocenters. The number of nitrogens with zero attached hydrogens (tertiary/aromatic N) is 1. The SMILES string of the molecule is COCC(N)C(=O)N1CCCC(C)(O)CC1. The zero-order valence-corrected chi connectivity index (χ0v) is 10.1. The summed E-state index contributed by atoms with van der Waals surface area (Å²) in [4.78, 5) is 13.6. The smallest absolute Gasteiger partial charge is 0.241 e. The molecule has 1 heterocycles. The van der Waals surface area contributed by atoms with Crippen molar-refractivity contribution < 1.29 is 14.6 Å². The lowest BCUT2D eigenvalue weighted by Crippen LogP contribution is -2.46. The molecular weight excluding hydrogens is 208 g/mol. The number of hydrogen-bond donors (Lipinski definition) is 2. The maximum absolute atomic E-state index is 11.9. The van der Waals surface area contributed by atoms with Crippen molar-refractivity contribution in [2.75, 3.05) is 26.8 Å². The van der Waals surface area contributed by atoms with Gasteiger partial charge in [0.1, 0.15) is 6.04 Å². The first-order chi connectivity index (χ1) is 7.46. The summed E-state index contributed by atoms with van der Waals surface area (Å²) in [6.45, 7) is 3.30. The second-order valence-corrected chi connectivity index (χ2v) is 4.74. The Kier molecular flexibility index (Phi) is 4.70. The molecule has 1 saturated heterocycles. The van der Waals surface area contributed by atoms with Gasteiger partial charge in [-0.2, -0.15) is 0 Å². The number of nitrogens with two attached hydrogens (primary N) is 1. The van der Waals surface area contributed by atoms with Gasteiger partial charge in [-0.05, 0) is 26.2 Å². The molecule has 1 rings (SSSR count). The van der Waals surface area contributed by atoms with Crippen LogP contribution in [0.3, 0.4) is 0 Å². The van der Waals surface area contributed by atoms with Crippen LogP contribution < -0.4 is 5.73 Å². The highest BCUT2D eigenvalue weighted by Gasteiger charge is 2.28. The van der Waals surface area contributed by atoms with Gasteiger partial charge in [0, 0.05) is 20.2 Å². The molecule has 5 nitrogen and oxygen atoms in total. The third-order valence-corrected chi connectivity index (χ3v) is 3.04. The molecule has 0 radical (unpaired) electrons. The van der Waals surface area contributed by atoms with Gasteiger partial charge in [-0.1, -0.05) is 0 Å². The third-order valence-electron chi connectivity index (χ3n) is 3.04. The first-order valence-corrected chi connectivity index (χ1v) is 5.72. The summed E-state index contributed by atoms with van der Waals surface area (Å²) in [5.41, 5.74) is 5.05. The standard InChI is InChI=1S/C11H22N2O3/c1-11(15)4-3-6-13(7-5-11)10(14)9(12)8-16-2/h9,15H,3-8,12H2,1-2H3. The van der Waals surface area contributed by atoms with Crippen LogP contribution in [0.1, 0.15) is 26.2 Å². The molecule has 0 aromatic carbocycles. The normalized spacial score (nSPS) is 28.6. The minimum atomic E-state index is -0.652. The van der Waals surface area contributed by atoms with E-state index in [2.05, 4.69) is 0 Å². The lowest BCUT2D eigenvalue weighted by molar-refractivity contribution is -0.133. The number of likely N-dealkylation sites (tertiary alicyclic amines) is 1. The number of carbonyl (C=O) groups is 1. The molecule has 0 bridgehead atoms. The summed E-state index contributed by atoms with van der Waals surface area (Å²) >= 11 is 0.